The van der Waals surface area contributed by atoms with Gasteiger partial charge in [0.25, 0.3) is 0 Å². The van der Waals surface area contributed by atoms with Crippen molar-refractivity contribution in [2.75, 3.05) is 13.2 Å². The zero-order chi connectivity index (χ0) is 12.0. The van der Waals surface area contributed by atoms with Crippen molar-refractivity contribution in [1.29, 1.82) is 0 Å². The van der Waals surface area contributed by atoms with Crippen molar-refractivity contribution in [2.24, 2.45) is 5.73 Å². The van der Waals surface area contributed by atoms with Gasteiger partial charge in [0.15, 0.2) is 0 Å². The minimum absolute atomic E-state index is 0.314. The van der Waals surface area contributed by atoms with Crippen LogP contribution in [0.3, 0.4) is 0 Å². The molecule has 3 heteroatoms. The molecule has 0 spiro atoms. The van der Waals surface area contributed by atoms with Gasteiger partial charge in [-0.05, 0) is 37.0 Å². The summed E-state index contributed by atoms with van der Waals surface area (Å²) in [4.78, 5) is 0. The summed E-state index contributed by atoms with van der Waals surface area (Å²) in [6, 6.07) is 8.01. The molecule has 0 aliphatic heterocycles. The molecule has 3 nitrogen and oxygen atoms in total. The number of hydrogen-bond acceptors (Lipinski definition) is 3. The molecule has 0 bridgehead atoms. The first-order valence-corrected chi connectivity index (χ1v) is 5.78. The Morgan fingerprint density at radius 1 is 1.31 bits per heavy atom. The van der Waals surface area contributed by atoms with Gasteiger partial charge in [-0.15, -0.1) is 0 Å². The van der Waals surface area contributed by atoms with E-state index in [1.807, 2.05) is 31.2 Å². The molecule has 0 fully saturated rings. The van der Waals surface area contributed by atoms with E-state index in [0.29, 0.717) is 25.5 Å². The summed E-state index contributed by atoms with van der Waals surface area (Å²) in [5.74, 6) is 1.20. The molecule has 1 aromatic carbocycles. The summed E-state index contributed by atoms with van der Waals surface area (Å²) < 4.78 is 5.37. The van der Waals surface area contributed by atoms with Gasteiger partial charge in [-0.2, -0.15) is 0 Å². The Hall–Kier alpha value is -1.06. The average Bonchev–Trinajstić information content (AvgIpc) is 2.30. The highest BCUT2D eigenvalue weighted by Crippen LogP contribution is 2.22. The monoisotopic (exact) mass is 223 g/mol. The van der Waals surface area contributed by atoms with E-state index < -0.39 is 6.10 Å². The largest absolute Gasteiger partial charge is 0.494 e. The number of benzene rings is 1. The average molecular weight is 223 g/mol. The minimum Gasteiger partial charge on any atom is -0.494 e. The van der Waals surface area contributed by atoms with Crippen molar-refractivity contribution in [1.82, 2.24) is 0 Å². The van der Waals surface area contributed by atoms with E-state index in [9.17, 15) is 5.11 Å². The normalized spacial score (nSPS) is 14.5. The van der Waals surface area contributed by atoms with Crippen LogP contribution in [0.5, 0.6) is 5.75 Å². The number of nitrogens with two attached hydrogens (primary N) is 1. The number of aliphatic hydroxyl groups is 1. The van der Waals surface area contributed by atoms with Crippen LogP contribution in [0.15, 0.2) is 24.3 Å². The van der Waals surface area contributed by atoms with Gasteiger partial charge in [-0.1, -0.05) is 19.1 Å². The van der Waals surface area contributed by atoms with Crippen molar-refractivity contribution in [3.63, 3.8) is 0 Å². The third-order valence-corrected chi connectivity index (χ3v) is 2.66. The van der Waals surface area contributed by atoms with Gasteiger partial charge in [0.1, 0.15) is 5.75 Å². The summed E-state index contributed by atoms with van der Waals surface area (Å²) in [6.45, 7) is 5.06. The van der Waals surface area contributed by atoms with E-state index in [2.05, 4.69) is 6.92 Å². The van der Waals surface area contributed by atoms with Gasteiger partial charge in [0.2, 0.25) is 0 Å². The fraction of sp³-hybridized carbons (Fsp3) is 0.538. The predicted molar refractivity (Wildman–Crippen MR) is 65.7 cm³/mol. The van der Waals surface area contributed by atoms with Crippen LogP contribution < -0.4 is 10.5 Å². The molecule has 0 saturated carbocycles. The smallest absolute Gasteiger partial charge is 0.119 e. The van der Waals surface area contributed by atoms with Crippen molar-refractivity contribution >= 4 is 0 Å². The molecule has 0 aliphatic rings. The van der Waals surface area contributed by atoms with Gasteiger partial charge in [0.05, 0.1) is 12.7 Å². The second-order valence-electron chi connectivity index (χ2n) is 4.03. The molecule has 3 N–H and O–H groups in total. The second kappa shape index (κ2) is 6.51. The Morgan fingerprint density at radius 2 is 1.94 bits per heavy atom. The molecule has 16 heavy (non-hydrogen) atoms. The first kappa shape index (κ1) is 13.0. The third kappa shape index (κ3) is 3.83. The van der Waals surface area contributed by atoms with E-state index in [1.54, 1.807) is 0 Å². The topological polar surface area (TPSA) is 55.5 Å². The quantitative estimate of drug-likeness (QED) is 0.774. The van der Waals surface area contributed by atoms with Crippen molar-refractivity contribution in [2.45, 2.75) is 32.3 Å². The molecule has 90 valence electrons. The highest BCUT2D eigenvalue weighted by molar-refractivity contribution is 5.29. The Morgan fingerprint density at radius 3 is 2.44 bits per heavy atom. The van der Waals surface area contributed by atoms with Crippen LogP contribution in [0, 0.1) is 0 Å². The molecule has 0 amide bonds. The van der Waals surface area contributed by atoms with Crippen molar-refractivity contribution in [3.05, 3.63) is 29.8 Å². The maximum Gasteiger partial charge on any atom is 0.119 e. The lowest BCUT2D eigenvalue weighted by atomic mass is 9.95. The predicted octanol–water partition coefficient (Wildman–Crippen LogP) is 1.90. The number of rotatable bonds is 6. The Labute approximate surface area is 97.2 Å². The number of aliphatic hydroxyl groups excluding tert-OH is 1. The molecule has 0 aliphatic carbocycles. The maximum absolute atomic E-state index is 9.48. The molecule has 0 aromatic heterocycles. The Kier molecular flexibility index (Phi) is 5.29. The van der Waals surface area contributed by atoms with Crippen LogP contribution >= 0.6 is 0 Å². The standard InChI is InChI=1S/C13H21NO2/c1-3-16-13-6-4-11(5-7-13)10(2)8-12(15)9-14/h4-7,10,12,15H,3,8-9,14H2,1-2H3. The zero-order valence-electron chi connectivity index (χ0n) is 10.0. The summed E-state index contributed by atoms with van der Waals surface area (Å²) >= 11 is 0. The molecule has 1 aromatic rings. The maximum atomic E-state index is 9.48. The lowest BCUT2D eigenvalue weighted by Gasteiger charge is -2.15. The lowest BCUT2D eigenvalue weighted by molar-refractivity contribution is 0.165. The Balaban J connectivity index is 2.59. The fourth-order valence-corrected chi connectivity index (χ4v) is 1.70. The zero-order valence-corrected chi connectivity index (χ0v) is 10.0. The van der Waals surface area contributed by atoms with Crippen LogP contribution in [-0.2, 0) is 0 Å². The number of ether oxygens (including phenoxy) is 1. The first-order chi connectivity index (χ1) is 7.67. The van der Waals surface area contributed by atoms with Gasteiger partial charge < -0.3 is 15.6 Å². The van der Waals surface area contributed by atoms with Crippen LogP contribution in [0.1, 0.15) is 31.7 Å². The summed E-state index contributed by atoms with van der Waals surface area (Å²) in [6.07, 6.45) is 0.284. The van der Waals surface area contributed by atoms with Gasteiger partial charge >= 0.3 is 0 Å². The van der Waals surface area contributed by atoms with Gasteiger partial charge in [-0.3, -0.25) is 0 Å². The fourth-order valence-electron chi connectivity index (χ4n) is 1.70. The van der Waals surface area contributed by atoms with E-state index in [1.165, 1.54) is 5.56 Å². The molecule has 0 heterocycles. The van der Waals surface area contributed by atoms with E-state index in [-0.39, 0.29) is 0 Å². The Bertz CT molecular complexity index is 297. The second-order valence-corrected chi connectivity index (χ2v) is 4.03. The molecule has 0 radical (unpaired) electrons. The van der Waals surface area contributed by atoms with Crippen LogP contribution in [-0.4, -0.2) is 24.4 Å². The van der Waals surface area contributed by atoms with Crippen molar-refractivity contribution in [3.8, 4) is 5.75 Å². The molecule has 2 unspecified atom stereocenters. The minimum atomic E-state index is -0.415. The highest BCUT2D eigenvalue weighted by atomic mass is 16.5. The van der Waals surface area contributed by atoms with E-state index >= 15 is 0 Å². The molecular weight excluding hydrogens is 202 g/mol. The van der Waals surface area contributed by atoms with E-state index in [0.717, 1.165) is 5.75 Å². The van der Waals surface area contributed by atoms with Crippen LogP contribution in [0.2, 0.25) is 0 Å². The first-order valence-electron chi connectivity index (χ1n) is 5.78. The summed E-state index contributed by atoms with van der Waals surface area (Å²) in [7, 11) is 0. The van der Waals surface area contributed by atoms with Crippen LogP contribution in [0.25, 0.3) is 0 Å². The SMILES string of the molecule is CCOc1ccc(C(C)CC(O)CN)cc1. The highest BCUT2D eigenvalue weighted by Gasteiger charge is 2.10. The van der Waals surface area contributed by atoms with Crippen LogP contribution in [0.4, 0.5) is 0 Å². The number of hydrogen-bond donors (Lipinski definition) is 2. The molecule has 0 saturated heterocycles. The summed E-state index contributed by atoms with van der Waals surface area (Å²) in [5, 5.41) is 9.48. The molecule has 2 atom stereocenters. The van der Waals surface area contributed by atoms with E-state index in [4.69, 9.17) is 10.5 Å². The van der Waals surface area contributed by atoms with Crippen molar-refractivity contribution < 1.29 is 9.84 Å². The molecular formula is C13H21NO2. The van der Waals surface area contributed by atoms with Gasteiger partial charge in [0, 0.05) is 6.54 Å². The molecule has 1 rings (SSSR count). The lowest BCUT2D eigenvalue weighted by Crippen LogP contribution is -2.21. The third-order valence-electron chi connectivity index (χ3n) is 2.66. The summed E-state index contributed by atoms with van der Waals surface area (Å²) in [5.41, 5.74) is 6.60. The van der Waals surface area contributed by atoms with Gasteiger partial charge in [-0.25, -0.2) is 0 Å².